The van der Waals surface area contributed by atoms with E-state index < -0.39 is 10.0 Å². The van der Waals surface area contributed by atoms with Gasteiger partial charge < -0.3 is 9.47 Å². The minimum Gasteiger partial charge on any atom is -0.353 e. The van der Waals surface area contributed by atoms with E-state index in [2.05, 4.69) is 26.0 Å². The van der Waals surface area contributed by atoms with Gasteiger partial charge in [0.25, 0.3) is 0 Å². The van der Waals surface area contributed by atoms with Crippen LogP contribution in [-0.4, -0.2) is 51.1 Å². The zero-order valence-electron chi connectivity index (χ0n) is 18.0. The third-order valence-electron chi connectivity index (χ3n) is 4.80. The highest BCUT2D eigenvalue weighted by atomic mass is 32.2. The number of rotatable bonds is 16. The fourth-order valence-corrected chi connectivity index (χ4v) is 4.40. The zero-order valence-corrected chi connectivity index (χ0v) is 18.8. The van der Waals surface area contributed by atoms with Gasteiger partial charge in [0.15, 0.2) is 6.29 Å². The molecule has 0 aliphatic carbocycles. The summed E-state index contributed by atoms with van der Waals surface area (Å²) in [5.41, 5.74) is 0. The minimum atomic E-state index is -3.35. The van der Waals surface area contributed by atoms with Crippen molar-refractivity contribution in [1.29, 1.82) is 0 Å². The number of hydrogen-bond acceptors (Lipinski definition) is 4. The molecule has 0 N–H and O–H groups in total. The van der Waals surface area contributed by atoms with E-state index in [1.165, 1.54) is 25.7 Å². The summed E-state index contributed by atoms with van der Waals surface area (Å²) in [4.78, 5) is 0. The van der Waals surface area contributed by atoms with Crippen molar-refractivity contribution in [3.8, 4) is 0 Å². The molecular weight excluding hydrogens is 374 g/mol. The molecule has 6 heteroatoms. The van der Waals surface area contributed by atoms with Crippen molar-refractivity contribution in [1.82, 2.24) is 4.31 Å². The third-order valence-corrected chi connectivity index (χ3v) is 6.64. The molecule has 0 atom stereocenters. The Bertz CT molecular complexity index is 503. The lowest BCUT2D eigenvalue weighted by Crippen LogP contribution is -2.36. The number of allylic oxidation sites excluding steroid dienone is 2. The van der Waals surface area contributed by atoms with Gasteiger partial charge in [0, 0.05) is 19.5 Å². The molecule has 1 rings (SSSR count). The topological polar surface area (TPSA) is 55.8 Å². The summed E-state index contributed by atoms with van der Waals surface area (Å²) in [5.74, 6) is 0.0605. The van der Waals surface area contributed by atoms with E-state index in [1.807, 2.05) is 12.2 Å². The molecule has 1 fully saturated rings. The van der Waals surface area contributed by atoms with Gasteiger partial charge in [-0.2, -0.15) is 4.31 Å². The molecule has 164 valence electrons. The standard InChI is InChI=1S/C22H41NO4S/c1-3-5-7-9-11-13-17-23(18-14-12-10-8-6-4-2)28(24,25)21-16-22-26-19-15-20-27-22/h11-14,22H,3-10,15-21H2,1-2H3/b13-11+,14-12+. The van der Waals surface area contributed by atoms with E-state index in [0.29, 0.717) is 32.7 Å². The van der Waals surface area contributed by atoms with Crippen LogP contribution in [0.5, 0.6) is 0 Å². The number of unbranched alkanes of at least 4 members (excludes halogenated alkanes) is 6. The van der Waals surface area contributed by atoms with Gasteiger partial charge in [-0.05, 0) is 32.1 Å². The van der Waals surface area contributed by atoms with E-state index >= 15 is 0 Å². The summed E-state index contributed by atoms with van der Waals surface area (Å²) in [7, 11) is -3.35. The first-order valence-corrected chi connectivity index (χ1v) is 12.7. The van der Waals surface area contributed by atoms with E-state index in [-0.39, 0.29) is 12.0 Å². The number of hydrogen-bond donors (Lipinski definition) is 0. The van der Waals surface area contributed by atoms with Crippen LogP contribution in [0, 0.1) is 0 Å². The summed E-state index contributed by atoms with van der Waals surface area (Å²) >= 11 is 0. The molecule has 1 heterocycles. The Kier molecular flexibility index (Phi) is 14.6. The van der Waals surface area contributed by atoms with E-state index in [0.717, 1.165) is 32.1 Å². The number of ether oxygens (including phenoxy) is 2. The van der Waals surface area contributed by atoms with E-state index in [9.17, 15) is 8.42 Å². The Labute approximate surface area is 173 Å². The average Bonchev–Trinajstić information content (AvgIpc) is 2.70. The van der Waals surface area contributed by atoms with Gasteiger partial charge >= 0.3 is 0 Å². The Hall–Kier alpha value is -0.690. The van der Waals surface area contributed by atoms with E-state index in [4.69, 9.17) is 9.47 Å². The van der Waals surface area contributed by atoms with Crippen LogP contribution in [0.2, 0.25) is 0 Å². The SMILES string of the molecule is CCCCC/C=C/CN(C/C=C/CCCCC)S(=O)(=O)CCC1OCCCO1. The normalized spacial score (nSPS) is 16.7. The monoisotopic (exact) mass is 415 g/mol. The second-order valence-electron chi connectivity index (χ2n) is 7.38. The molecule has 0 aromatic heterocycles. The van der Waals surface area contributed by atoms with Crippen molar-refractivity contribution < 1.29 is 17.9 Å². The molecule has 0 saturated carbocycles. The fraction of sp³-hybridized carbons (Fsp3) is 0.818. The molecule has 5 nitrogen and oxygen atoms in total. The predicted molar refractivity (Wildman–Crippen MR) is 117 cm³/mol. The molecule has 0 bridgehead atoms. The van der Waals surface area contributed by atoms with Crippen molar-refractivity contribution in [2.75, 3.05) is 32.1 Å². The van der Waals surface area contributed by atoms with Crippen molar-refractivity contribution in [3.63, 3.8) is 0 Å². The van der Waals surface area contributed by atoms with Crippen LogP contribution < -0.4 is 0 Å². The molecule has 0 radical (unpaired) electrons. The molecule has 0 aromatic carbocycles. The molecule has 1 saturated heterocycles. The lowest BCUT2D eigenvalue weighted by molar-refractivity contribution is -0.178. The molecule has 0 amide bonds. The molecule has 0 unspecified atom stereocenters. The first-order valence-electron chi connectivity index (χ1n) is 11.1. The summed E-state index contributed by atoms with van der Waals surface area (Å²) in [6, 6.07) is 0. The maximum Gasteiger partial charge on any atom is 0.214 e. The third kappa shape index (κ3) is 12.0. The van der Waals surface area contributed by atoms with Crippen LogP contribution in [0.4, 0.5) is 0 Å². The van der Waals surface area contributed by atoms with Crippen LogP contribution in [0.15, 0.2) is 24.3 Å². The highest BCUT2D eigenvalue weighted by Gasteiger charge is 2.23. The van der Waals surface area contributed by atoms with E-state index in [1.54, 1.807) is 4.31 Å². The van der Waals surface area contributed by atoms with Crippen LogP contribution in [0.25, 0.3) is 0 Å². The second kappa shape index (κ2) is 16.1. The minimum absolute atomic E-state index is 0.0605. The molecular formula is C22H41NO4S. The summed E-state index contributed by atoms with van der Waals surface area (Å²) in [6.07, 6.45) is 18.2. The lowest BCUT2D eigenvalue weighted by Gasteiger charge is -2.25. The fourth-order valence-electron chi connectivity index (χ4n) is 3.02. The smallest absolute Gasteiger partial charge is 0.214 e. The Morgan fingerprint density at radius 1 is 0.857 bits per heavy atom. The van der Waals surface area contributed by atoms with Crippen molar-refractivity contribution in [3.05, 3.63) is 24.3 Å². The van der Waals surface area contributed by atoms with Gasteiger partial charge in [0.05, 0.1) is 19.0 Å². The average molecular weight is 416 g/mol. The van der Waals surface area contributed by atoms with Crippen LogP contribution in [0.1, 0.15) is 78.1 Å². The van der Waals surface area contributed by atoms with Gasteiger partial charge in [0.2, 0.25) is 10.0 Å². The Balaban J connectivity index is 2.54. The van der Waals surface area contributed by atoms with Crippen molar-refractivity contribution in [2.45, 2.75) is 84.3 Å². The summed E-state index contributed by atoms with van der Waals surface area (Å²) < 4.78 is 38.3. The number of sulfonamides is 1. The highest BCUT2D eigenvalue weighted by Crippen LogP contribution is 2.13. The molecule has 0 aromatic rings. The molecule has 1 aliphatic heterocycles. The summed E-state index contributed by atoms with van der Waals surface area (Å²) in [6.45, 7) is 6.53. The maximum absolute atomic E-state index is 12.9. The van der Waals surface area contributed by atoms with Crippen LogP contribution in [-0.2, 0) is 19.5 Å². The molecule has 1 aliphatic rings. The van der Waals surface area contributed by atoms with Crippen molar-refractivity contribution in [2.24, 2.45) is 0 Å². The number of nitrogens with zero attached hydrogens (tertiary/aromatic N) is 1. The maximum atomic E-state index is 12.9. The van der Waals surface area contributed by atoms with Crippen LogP contribution in [0.3, 0.4) is 0 Å². The quantitative estimate of drug-likeness (QED) is 0.262. The summed E-state index contributed by atoms with van der Waals surface area (Å²) in [5, 5.41) is 0. The lowest BCUT2D eigenvalue weighted by atomic mass is 10.2. The largest absolute Gasteiger partial charge is 0.353 e. The highest BCUT2D eigenvalue weighted by molar-refractivity contribution is 7.89. The molecule has 0 spiro atoms. The van der Waals surface area contributed by atoms with Crippen LogP contribution >= 0.6 is 0 Å². The Morgan fingerprint density at radius 3 is 1.89 bits per heavy atom. The van der Waals surface area contributed by atoms with Gasteiger partial charge in [-0.1, -0.05) is 63.8 Å². The predicted octanol–water partition coefficient (Wildman–Crippen LogP) is 5.04. The van der Waals surface area contributed by atoms with Gasteiger partial charge in [0.1, 0.15) is 0 Å². The second-order valence-corrected chi connectivity index (χ2v) is 9.47. The van der Waals surface area contributed by atoms with Gasteiger partial charge in [-0.3, -0.25) is 0 Å². The van der Waals surface area contributed by atoms with Gasteiger partial charge in [-0.25, -0.2) is 8.42 Å². The van der Waals surface area contributed by atoms with Gasteiger partial charge in [-0.15, -0.1) is 0 Å². The first kappa shape index (κ1) is 25.3. The Morgan fingerprint density at radius 2 is 1.39 bits per heavy atom. The molecule has 28 heavy (non-hydrogen) atoms. The first-order chi connectivity index (χ1) is 13.6. The zero-order chi connectivity index (χ0) is 20.5. The van der Waals surface area contributed by atoms with Crippen molar-refractivity contribution >= 4 is 10.0 Å².